The Morgan fingerprint density at radius 1 is 1.17 bits per heavy atom. The molecule has 0 bridgehead atoms. The highest BCUT2D eigenvalue weighted by Gasteiger charge is 2.34. The van der Waals surface area contributed by atoms with Gasteiger partial charge in [0, 0.05) is 32.7 Å². The molecule has 24 heavy (non-hydrogen) atoms. The van der Waals surface area contributed by atoms with Crippen LogP contribution >= 0.6 is 0 Å². The zero-order chi connectivity index (χ0) is 17.6. The third-order valence-electron chi connectivity index (χ3n) is 4.89. The summed E-state index contributed by atoms with van der Waals surface area (Å²) < 4.78 is 48.9. The average Bonchev–Trinajstić information content (AvgIpc) is 2.59. The van der Waals surface area contributed by atoms with E-state index in [1.54, 1.807) is 7.05 Å². The van der Waals surface area contributed by atoms with Gasteiger partial charge in [0.15, 0.2) is 5.96 Å². The van der Waals surface area contributed by atoms with Gasteiger partial charge in [0.1, 0.15) is 0 Å². The van der Waals surface area contributed by atoms with Crippen LogP contribution < -0.4 is 10.6 Å². The van der Waals surface area contributed by atoms with E-state index in [4.69, 9.17) is 0 Å². The molecule has 1 aliphatic carbocycles. The molecule has 0 amide bonds. The predicted octanol–water partition coefficient (Wildman–Crippen LogP) is 1.75. The van der Waals surface area contributed by atoms with Gasteiger partial charge >= 0.3 is 5.76 Å². The van der Waals surface area contributed by atoms with Gasteiger partial charge in [-0.3, -0.25) is 4.99 Å². The van der Waals surface area contributed by atoms with E-state index in [1.165, 1.54) is 19.3 Å². The highest BCUT2D eigenvalue weighted by atomic mass is 32.2. The van der Waals surface area contributed by atoms with E-state index in [0.29, 0.717) is 25.4 Å². The summed E-state index contributed by atoms with van der Waals surface area (Å²) in [6, 6.07) is 0.461. The molecule has 2 N–H and O–H groups in total. The molecular formula is C15H28F2N4O2S. The quantitative estimate of drug-likeness (QED) is 0.574. The van der Waals surface area contributed by atoms with Gasteiger partial charge in [0.2, 0.25) is 0 Å². The molecule has 0 aromatic carbocycles. The standard InChI is InChI=1S/C15H28F2N4O2S/c1-18-15(20-13-5-3-2-4-6-13)19-11-12-7-9-21(10-8-12)24(22,23)14(16)17/h12-14H,2-11H2,1H3,(H2,18,19,20). The fourth-order valence-electron chi connectivity index (χ4n) is 3.36. The Morgan fingerprint density at radius 2 is 1.79 bits per heavy atom. The minimum atomic E-state index is -4.43. The SMILES string of the molecule is CN=C(NCC1CCN(S(=O)(=O)C(F)F)CC1)NC1CCCCC1. The molecule has 1 aliphatic heterocycles. The van der Waals surface area contributed by atoms with Crippen molar-refractivity contribution in [2.45, 2.75) is 56.7 Å². The highest BCUT2D eigenvalue weighted by molar-refractivity contribution is 7.89. The number of hydrogen-bond acceptors (Lipinski definition) is 3. The molecular weight excluding hydrogens is 338 g/mol. The second-order valence-electron chi connectivity index (χ2n) is 6.58. The molecule has 0 aromatic heterocycles. The number of rotatable bonds is 5. The highest BCUT2D eigenvalue weighted by Crippen LogP contribution is 2.22. The maximum atomic E-state index is 12.6. The first-order chi connectivity index (χ1) is 11.4. The largest absolute Gasteiger partial charge is 0.356 e. The van der Waals surface area contributed by atoms with Crippen molar-refractivity contribution in [2.24, 2.45) is 10.9 Å². The van der Waals surface area contributed by atoms with Crippen molar-refractivity contribution < 1.29 is 17.2 Å². The second-order valence-corrected chi connectivity index (χ2v) is 8.48. The summed E-state index contributed by atoms with van der Waals surface area (Å²) in [6.45, 7) is 0.996. The third-order valence-corrected chi connectivity index (χ3v) is 6.42. The van der Waals surface area contributed by atoms with Crippen LogP contribution in [0.25, 0.3) is 0 Å². The van der Waals surface area contributed by atoms with Gasteiger partial charge in [-0.15, -0.1) is 0 Å². The Balaban J connectivity index is 1.73. The topological polar surface area (TPSA) is 73.8 Å². The summed E-state index contributed by atoms with van der Waals surface area (Å²) in [5, 5.41) is 6.71. The minimum absolute atomic E-state index is 0.160. The monoisotopic (exact) mass is 366 g/mol. The Morgan fingerprint density at radius 3 is 2.33 bits per heavy atom. The lowest BCUT2D eigenvalue weighted by Crippen LogP contribution is -2.47. The number of sulfonamides is 1. The second kappa shape index (κ2) is 8.94. The molecule has 2 fully saturated rings. The number of nitrogens with one attached hydrogen (secondary N) is 2. The normalized spacial score (nSPS) is 22.8. The molecule has 0 atom stereocenters. The fraction of sp³-hybridized carbons (Fsp3) is 0.933. The van der Waals surface area contributed by atoms with Crippen molar-refractivity contribution in [3.05, 3.63) is 0 Å². The van der Waals surface area contributed by atoms with Crippen molar-refractivity contribution in [1.29, 1.82) is 0 Å². The molecule has 1 saturated heterocycles. The first-order valence-corrected chi connectivity index (χ1v) is 10.2. The van der Waals surface area contributed by atoms with Crippen molar-refractivity contribution in [3.63, 3.8) is 0 Å². The van der Waals surface area contributed by atoms with Crippen LogP contribution in [0.5, 0.6) is 0 Å². The van der Waals surface area contributed by atoms with Crippen LogP contribution in [0.2, 0.25) is 0 Å². The summed E-state index contributed by atoms with van der Waals surface area (Å²) in [5.74, 6) is -2.30. The zero-order valence-corrected chi connectivity index (χ0v) is 15.0. The van der Waals surface area contributed by atoms with Gasteiger partial charge in [-0.1, -0.05) is 19.3 Å². The lowest BCUT2D eigenvalue weighted by Gasteiger charge is -2.31. The van der Waals surface area contributed by atoms with Crippen LogP contribution in [0.4, 0.5) is 8.78 Å². The molecule has 0 radical (unpaired) electrons. The first kappa shape index (κ1) is 19.4. The lowest BCUT2D eigenvalue weighted by atomic mass is 9.95. The lowest BCUT2D eigenvalue weighted by molar-refractivity contribution is 0.204. The fourth-order valence-corrected chi connectivity index (χ4v) is 4.30. The van der Waals surface area contributed by atoms with E-state index >= 15 is 0 Å². The number of aliphatic imine (C=N–C) groups is 1. The molecule has 1 heterocycles. The van der Waals surface area contributed by atoms with Crippen molar-refractivity contribution >= 4 is 16.0 Å². The molecule has 0 aromatic rings. The van der Waals surface area contributed by atoms with E-state index in [1.807, 2.05) is 0 Å². The van der Waals surface area contributed by atoms with E-state index in [-0.39, 0.29) is 19.0 Å². The average molecular weight is 366 g/mol. The number of guanidine groups is 1. The number of hydrogen-bond donors (Lipinski definition) is 2. The molecule has 6 nitrogen and oxygen atoms in total. The van der Waals surface area contributed by atoms with Crippen molar-refractivity contribution in [1.82, 2.24) is 14.9 Å². The summed E-state index contributed by atoms with van der Waals surface area (Å²) in [6.07, 6.45) is 7.26. The Bertz CT molecular complexity index is 514. The van der Waals surface area contributed by atoms with Crippen LogP contribution in [0.15, 0.2) is 4.99 Å². The van der Waals surface area contributed by atoms with Gasteiger partial charge < -0.3 is 10.6 Å². The van der Waals surface area contributed by atoms with Gasteiger partial charge in [0.05, 0.1) is 0 Å². The van der Waals surface area contributed by atoms with E-state index < -0.39 is 15.8 Å². The van der Waals surface area contributed by atoms with Gasteiger partial charge in [-0.2, -0.15) is 13.1 Å². The van der Waals surface area contributed by atoms with Gasteiger partial charge in [-0.25, -0.2) is 8.42 Å². The number of nitrogens with zero attached hydrogens (tertiary/aromatic N) is 2. The molecule has 0 spiro atoms. The van der Waals surface area contributed by atoms with Gasteiger partial charge in [0.25, 0.3) is 10.0 Å². The van der Waals surface area contributed by atoms with Crippen molar-refractivity contribution in [2.75, 3.05) is 26.7 Å². The molecule has 0 unspecified atom stereocenters. The maximum Gasteiger partial charge on any atom is 0.350 e. The molecule has 2 aliphatic rings. The number of piperidine rings is 1. The summed E-state index contributed by atoms with van der Waals surface area (Å²) in [7, 11) is -2.70. The Hall–Kier alpha value is -0.960. The van der Waals surface area contributed by atoms with Crippen LogP contribution in [0, 0.1) is 5.92 Å². The molecule has 2 rings (SSSR count). The Labute approximate surface area is 143 Å². The van der Waals surface area contributed by atoms with Crippen LogP contribution in [-0.4, -0.2) is 57.2 Å². The van der Waals surface area contributed by atoms with Gasteiger partial charge in [-0.05, 0) is 31.6 Å². The summed E-state index contributed by atoms with van der Waals surface area (Å²) in [4.78, 5) is 4.23. The van der Waals surface area contributed by atoms with E-state index in [2.05, 4.69) is 15.6 Å². The predicted molar refractivity (Wildman–Crippen MR) is 90.6 cm³/mol. The van der Waals surface area contributed by atoms with Crippen LogP contribution in [0.1, 0.15) is 44.9 Å². The van der Waals surface area contributed by atoms with Crippen LogP contribution in [-0.2, 0) is 10.0 Å². The smallest absolute Gasteiger partial charge is 0.350 e. The van der Waals surface area contributed by atoms with Crippen molar-refractivity contribution in [3.8, 4) is 0 Å². The van der Waals surface area contributed by atoms with E-state index in [0.717, 1.165) is 23.1 Å². The Kier molecular flexibility index (Phi) is 7.21. The molecule has 140 valence electrons. The number of halogens is 2. The third kappa shape index (κ3) is 5.27. The molecule has 1 saturated carbocycles. The summed E-state index contributed by atoms with van der Waals surface area (Å²) in [5.41, 5.74) is 0. The minimum Gasteiger partial charge on any atom is -0.356 e. The van der Waals surface area contributed by atoms with E-state index in [9.17, 15) is 17.2 Å². The first-order valence-electron chi connectivity index (χ1n) is 8.67. The summed E-state index contributed by atoms with van der Waals surface area (Å²) >= 11 is 0. The zero-order valence-electron chi connectivity index (χ0n) is 14.2. The molecule has 9 heteroatoms. The number of alkyl halides is 2. The maximum absolute atomic E-state index is 12.6. The van der Waals surface area contributed by atoms with Crippen LogP contribution in [0.3, 0.4) is 0 Å².